The van der Waals surface area contributed by atoms with Crippen molar-refractivity contribution in [1.29, 1.82) is 0 Å². The van der Waals surface area contributed by atoms with E-state index < -0.39 is 11.7 Å². The molecule has 1 aromatic heterocycles. The molecule has 0 saturated carbocycles. The van der Waals surface area contributed by atoms with Gasteiger partial charge in [0.15, 0.2) is 4.47 Å². The molecule has 0 unspecified atom stereocenters. The third-order valence-electron chi connectivity index (χ3n) is 3.66. The molecule has 0 spiro atoms. The zero-order valence-electron chi connectivity index (χ0n) is 12.6. The van der Waals surface area contributed by atoms with Crippen LogP contribution in [0.5, 0.6) is 0 Å². The van der Waals surface area contributed by atoms with E-state index in [-0.39, 0.29) is 12.2 Å². The van der Waals surface area contributed by atoms with E-state index >= 15 is 0 Å². The first-order chi connectivity index (χ1) is 11.4. The van der Waals surface area contributed by atoms with Gasteiger partial charge in [0, 0.05) is 35.5 Å². The molecular formula is C15H15ClF3N3OS. The van der Waals surface area contributed by atoms with E-state index in [1.807, 2.05) is 4.90 Å². The first kappa shape index (κ1) is 17.3. The van der Waals surface area contributed by atoms with Gasteiger partial charge in [-0.3, -0.25) is 0 Å². The number of nitrogens with one attached hydrogen (secondary N) is 1. The van der Waals surface area contributed by atoms with Crippen molar-refractivity contribution in [3.63, 3.8) is 0 Å². The molecule has 0 radical (unpaired) electrons. The summed E-state index contributed by atoms with van der Waals surface area (Å²) in [6, 6.07) is 4.35. The minimum Gasteiger partial charge on any atom is -0.380 e. The lowest BCUT2D eigenvalue weighted by atomic mass is 10.1. The molecule has 1 aliphatic heterocycles. The van der Waals surface area contributed by atoms with E-state index in [0.717, 1.165) is 4.88 Å². The third kappa shape index (κ3) is 4.12. The summed E-state index contributed by atoms with van der Waals surface area (Å²) in [7, 11) is 0. The largest absolute Gasteiger partial charge is 0.418 e. The minimum absolute atomic E-state index is 0.0454. The second-order valence-corrected chi connectivity index (χ2v) is 6.96. The van der Waals surface area contributed by atoms with Crippen molar-refractivity contribution in [3.8, 4) is 0 Å². The Morgan fingerprint density at radius 2 is 2.04 bits per heavy atom. The molecule has 2 aromatic rings. The number of halogens is 4. The normalized spacial score (nSPS) is 15.6. The summed E-state index contributed by atoms with van der Waals surface area (Å²) in [5.74, 6) is 0. The summed E-state index contributed by atoms with van der Waals surface area (Å²) in [6.07, 6.45) is -2.88. The van der Waals surface area contributed by atoms with Gasteiger partial charge in [0.05, 0.1) is 25.3 Å². The van der Waals surface area contributed by atoms with Crippen molar-refractivity contribution in [2.75, 3.05) is 36.5 Å². The average molecular weight is 378 g/mol. The summed E-state index contributed by atoms with van der Waals surface area (Å²) in [6.45, 7) is 2.46. The molecule has 0 atom stereocenters. The number of morpholine rings is 1. The Morgan fingerprint density at radius 3 is 2.67 bits per heavy atom. The summed E-state index contributed by atoms with van der Waals surface area (Å²) >= 11 is 6.97. The molecule has 1 aromatic carbocycles. The smallest absolute Gasteiger partial charge is 0.380 e. The van der Waals surface area contributed by atoms with Crippen LogP contribution in [0.3, 0.4) is 0 Å². The molecule has 3 rings (SSSR count). The summed E-state index contributed by atoms with van der Waals surface area (Å²) in [5.41, 5.74) is -0.0804. The van der Waals surface area contributed by atoms with Crippen molar-refractivity contribution in [2.45, 2.75) is 12.7 Å². The Morgan fingerprint density at radius 1 is 1.29 bits per heavy atom. The molecule has 130 valence electrons. The summed E-state index contributed by atoms with van der Waals surface area (Å²) in [5, 5.41) is 2.83. The topological polar surface area (TPSA) is 37.4 Å². The molecule has 1 saturated heterocycles. The molecule has 0 amide bonds. The van der Waals surface area contributed by atoms with Crippen LogP contribution in [0.25, 0.3) is 0 Å². The maximum absolute atomic E-state index is 13.4. The molecule has 24 heavy (non-hydrogen) atoms. The van der Waals surface area contributed by atoms with Gasteiger partial charge in [-0.25, -0.2) is 4.98 Å². The van der Waals surface area contributed by atoms with Gasteiger partial charge in [-0.1, -0.05) is 11.6 Å². The monoisotopic (exact) mass is 377 g/mol. The van der Waals surface area contributed by atoms with Crippen molar-refractivity contribution < 1.29 is 17.9 Å². The number of thiazole rings is 1. The predicted octanol–water partition coefficient (Wildman–Crippen LogP) is 4.26. The van der Waals surface area contributed by atoms with E-state index in [2.05, 4.69) is 10.3 Å². The molecule has 1 aliphatic rings. The first-order valence-electron chi connectivity index (χ1n) is 7.31. The van der Waals surface area contributed by atoms with Crippen molar-refractivity contribution in [2.24, 2.45) is 0 Å². The van der Waals surface area contributed by atoms with Crippen LogP contribution in [0.15, 0.2) is 24.4 Å². The van der Waals surface area contributed by atoms with Crippen molar-refractivity contribution in [1.82, 2.24) is 4.98 Å². The number of rotatable bonds is 4. The zero-order chi connectivity index (χ0) is 17.2. The second-order valence-electron chi connectivity index (χ2n) is 5.26. The lowest BCUT2D eigenvalue weighted by Crippen LogP contribution is -2.36. The van der Waals surface area contributed by atoms with Gasteiger partial charge in [-0.2, -0.15) is 13.2 Å². The SMILES string of the molecule is FC(F)(F)c1cc(N2CCOCC2)ccc1NCc1cnc(Cl)s1. The van der Waals surface area contributed by atoms with E-state index in [9.17, 15) is 13.2 Å². The Bertz CT molecular complexity index is 702. The van der Waals surface area contributed by atoms with E-state index in [1.165, 1.54) is 23.5 Å². The van der Waals surface area contributed by atoms with Gasteiger partial charge in [0.1, 0.15) is 0 Å². The van der Waals surface area contributed by atoms with Crippen molar-refractivity contribution in [3.05, 3.63) is 39.3 Å². The molecule has 1 fully saturated rings. The predicted molar refractivity (Wildman–Crippen MR) is 88.9 cm³/mol. The van der Waals surface area contributed by atoms with Gasteiger partial charge < -0.3 is 15.0 Å². The zero-order valence-corrected chi connectivity index (χ0v) is 14.1. The highest BCUT2D eigenvalue weighted by Crippen LogP contribution is 2.37. The molecule has 1 N–H and O–H groups in total. The maximum atomic E-state index is 13.4. The van der Waals surface area contributed by atoms with Gasteiger partial charge in [-0.05, 0) is 18.2 Å². The van der Waals surface area contributed by atoms with Crippen LogP contribution in [-0.4, -0.2) is 31.3 Å². The quantitative estimate of drug-likeness (QED) is 0.863. The molecular weight excluding hydrogens is 363 g/mol. The Kier molecular flexibility index (Phi) is 5.17. The highest BCUT2D eigenvalue weighted by Gasteiger charge is 2.34. The number of benzene rings is 1. The Balaban J connectivity index is 1.82. The number of nitrogens with zero attached hydrogens (tertiary/aromatic N) is 2. The molecule has 0 bridgehead atoms. The standard InChI is InChI=1S/C15H15ClF3N3OS/c16-14-21-9-11(24-14)8-20-13-2-1-10(7-12(13)15(17,18)19)22-3-5-23-6-4-22/h1-2,7,9,20H,3-6,8H2. The molecule has 2 heterocycles. The molecule has 9 heteroatoms. The lowest BCUT2D eigenvalue weighted by Gasteiger charge is -2.29. The Labute approximate surface area is 146 Å². The van der Waals surface area contributed by atoms with E-state index in [1.54, 1.807) is 12.3 Å². The third-order valence-corrected chi connectivity index (χ3v) is 4.78. The van der Waals surface area contributed by atoms with Crippen LogP contribution < -0.4 is 10.2 Å². The van der Waals surface area contributed by atoms with Gasteiger partial charge >= 0.3 is 6.18 Å². The highest BCUT2D eigenvalue weighted by atomic mass is 35.5. The average Bonchev–Trinajstić information content (AvgIpc) is 2.98. The van der Waals surface area contributed by atoms with Crippen LogP contribution in [0.4, 0.5) is 24.5 Å². The maximum Gasteiger partial charge on any atom is 0.418 e. The van der Waals surface area contributed by atoms with Crippen LogP contribution in [0.1, 0.15) is 10.4 Å². The number of ether oxygens (including phenoxy) is 1. The fourth-order valence-corrected chi connectivity index (χ4v) is 3.40. The van der Waals surface area contributed by atoms with Gasteiger partial charge in [0.2, 0.25) is 0 Å². The number of alkyl halides is 3. The second kappa shape index (κ2) is 7.16. The van der Waals surface area contributed by atoms with Crippen LogP contribution >= 0.6 is 22.9 Å². The van der Waals surface area contributed by atoms with Crippen LogP contribution in [0.2, 0.25) is 4.47 Å². The minimum atomic E-state index is -4.43. The van der Waals surface area contributed by atoms with Crippen LogP contribution in [-0.2, 0) is 17.5 Å². The first-order valence-corrected chi connectivity index (χ1v) is 8.51. The van der Waals surface area contributed by atoms with Gasteiger partial charge in [0.25, 0.3) is 0 Å². The summed E-state index contributed by atoms with van der Waals surface area (Å²) < 4.78 is 45.8. The number of hydrogen-bond donors (Lipinski definition) is 1. The van der Waals surface area contributed by atoms with E-state index in [0.29, 0.717) is 36.5 Å². The Hall–Kier alpha value is -1.51. The molecule has 0 aliphatic carbocycles. The fourth-order valence-electron chi connectivity index (χ4n) is 2.49. The lowest BCUT2D eigenvalue weighted by molar-refractivity contribution is -0.136. The molecule has 4 nitrogen and oxygen atoms in total. The van der Waals surface area contributed by atoms with Gasteiger partial charge in [-0.15, -0.1) is 11.3 Å². The fraction of sp³-hybridized carbons (Fsp3) is 0.400. The number of aromatic nitrogens is 1. The van der Waals surface area contributed by atoms with E-state index in [4.69, 9.17) is 16.3 Å². The highest BCUT2D eigenvalue weighted by molar-refractivity contribution is 7.15. The number of anilines is 2. The van der Waals surface area contributed by atoms with Crippen LogP contribution in [0, 0.1) is 0 Å². The number of hydrogen-bond acceptors (Lipinski definition) is 5. The van der Waals surface area contributed by atoms with Crippen molar-refractivity contribution >= 4 is 34.3 Å². The summed E-state index contributed by atoms with van der Waals surface area (Å²) in [4.78, 5) is 6.54.